The van der Waals surface area contributed by atoms with Gasteiger partial charge in [0.15, 0.2) is 11.6 Å². The van der Waals surface area contributed by atoms with E-state index < -0.39 is 17.7 Å². The number of likely N-dealkylation sites (tertiary alicyclic amines) is 1. The zero-order valence-corrected chi connectivity index (χ0v) is 21.4. The molecule has 5 nitrogen and oxygen atoms in total. The third-order valence-corrected chi connectivity index (χ3v) is 7.45. The SMILES string of the molecule is CC1=C(c2ccc(C#N)cc2)C(c2ccc(OCC(C)N3CCC(C)C3)cc2)Oc2ccc(O)c(F)c21. The number of ether oxygens (including phenoxy) is 2. The van der Waals surface area contributed by atoms with Crippen molar-refractivity contribution in [1.29, 1.82) is 5.26 Å². The summed E-state index contributed by atoms with van der Waals surface area (Å²) >= 11 is 0. The van der Waals surface area contributed by atoms with E-state index in [1.54, 1.807) is 18.2 Å². The van der Waals surface area contributed by atoms with E-state index in [1.807, 2.05) is 43.3 Å². The van der Waals surface area contributed by atoms with Crippen molar-refractivity contribution in [3.8, 4) is 23.3 Å². The van der Waals surface area contributed by atoms with Gasteiger partial charge in [-0.05, 0) is 85.8 Å². The minimum atomic E-state index is -0.704. The smallest absolute Gasteiger partial charge is 0.176 e. The molecule has 1 N–H and O–H groups in total. The van der Waals surface area contributed by atoms with Crippen LogP contribution in [0.15, 0.2) is 60.7 Å². The van der Waals surface area contributed by atoms with Crippen molar-refractivity contribution >= 4 is 11.1 Å². The van der Waals surface area contributed by atoms with Crippen LogP contribution in [0.2, 0.25) is 0 Å². The van der Waals surface area contributed by atoms with Crippen LogP contribution in [-0.4, -0.2) is 35.7 Å². The van der Waals surface area contributed by atoms with Crippen molar-refractivity contribution in [2.75, 3.05) is 19.7 Å². The second-order valence-corrected chi connectivity index (χ2v) is 10.1. The highest BCUT2D eigenvalue weighted by molar-refractivity contribution is 5.96. The molecule has 0 amide bonds. The quantitative estimate of drug-likeness (QED) is 0.416. The first kappa shape index (κ1) is 24.9. The van der Waals surface area contributed by atoms with Gasteiger partial charge >= 0.3 is 0 Å². The number of nitriles is 1. The first-order valence-corrected chi connectivity index (χ1v) is 12.7. The number of halogens is 1. The number of phenolic OH excluding ortho intramolecular Hbond substituents is 1. The number of rotatable bonds is 6. The van der Waals surface area contributed by atoms with Gasteiger partial charge in [-0.1, -0.05) is 31.2 Å². The van der Waals surface area contributed by atoms with Crippen LogP contribution in [0.5, 0.6) is 17.2 Å². The summed E-state index contributed by atoms with van der Waals surface area (Å²) in [7, 11) is 0. The van der Waals surface area contributed by atoms with Gasteiger partial charge in [-0.2, -0.15) is 5.26 Å². The Balaban J connectivity index is 1.44. The van der Waals surface area contributed by atoms with Crippen LogP contribution in [0.3, 0.4) is 0 Å². The van der Waals surface area contributed by atoms with E-state index in [0.717, 1.165) is 41.5 Å². The van der Waals surface area contributed by atoms with Crippen molar-refractivity contribution in [2.24, 2.45) is 5.92 Å². The van der Waals surface area contributed by atoms with E-state index in [4.69, 9.17) is 9.47 Å². The molecular weight excluding hydrogens is 467 g/mol. The Morgan fingerprint density at radius 2 is 1.86 bits per heavy atom. The summed E-state index contributed by atoms with van der Waals surface area (Å²) in [6, 6.07) is 20.4. The molecule has 37 heavy (non-hydrogen) atoms. The molecule has 0 saturated carbocycles. The second-order valence-electron chi connectivity index (χ2n) is 10.1. The Kier molecular flexibility index (Phi) is 6.90. The number of allylic oxidation sites excluding steroid dienone is 1. The molecule has 0 spiro atoms. The van der Waals surface area contributed by atoms with Gasteiger partial charge in [0.2, 0.25) is 0 Å². The van der Waals surface area contributed by atoms with Gasteiger partial charge in [0.1, 0.15) is 24.2 Å². The molecule has 0 radical (unpaired) electrons. The van der Waals surface area contributed by atoms with Gasteiger partial charge in [0.25, 0.3) is 0 Å². The van der Waals surface area contributed by atoms with Crippen LogP contribution in [-0.2, 0) is 0 Å². The number of hydrogen-bond acceptors (Lipinski definition) is 5. The number of benzene rings is 3. The average molecular weight is 499 g/mol. The van der Waals surface area contributed by atoms with Gasteiger partial charge in [-0.3, -0.25) is 4.90 Å². The molecule has 2 heterocycles. The maximum Gasteiger partial charge on any atom is 0.176 e. The Hall–Kier alpha value is -3.82. The summed E-state index contributed by atoms with van der Waals surface area (Å²) in [5, 5.41) is 19.2. The highest BCUT2D eigenvalue weighted by Gasteiger charge is 2.32. The predicted molar refractivity (Wildman–Crippen MR) is 142 cm³/mol. The lowest BCUT2D eigenvalue weighted by Gasteiger charge is -2.31. The normalized spacial score (nSPS) is 20.2. The molecule has 6 heteroatoms. The molecule has 0 aromatic heterocycles. The predicted octanol–water partition coefficient (Wildman–Crippen LogP) is 6.58. The van der Waals surface area contributed by atoms with E-state index >= 15 is 0 Å². The van der Waals surface area contributed by atoms with Gasteiger partial charge in [-0.15, -0.1) is 0 Å². The molecule has 3 aromatic carbocycles. The zero-order chi connectivity index (χ0) is 26.1. The first-order chi connectivity index (χ1) is 17.9. The van der Waals surface area contributed by atoms with E-state index in [1.165, 1.54) is 12.5 Å². The lowest BCUT2D eigenvalue weighted by Crippen LogP contribution is -2.35. The molecule has 5 rings (SSSR count). The van der Waals surface area contributed by atoms with Gasteiger partial charge in [0.05, 0.1) is 17.2 Å². The standard InChI is InChI=1S/C31H31FN2O3/c1-19-14-15-34(17-19)20(2)18-36-25-10-8-24(9-11-25)31-28(23-6-4-22(16-33)5-7-23)21(3)29-27(37-31)13-12-26(35)30(29)32/h4-13,19-20,31,35H,14-15,17-18H2,1-3H3. The summed E-state index contributed by atoms with van der Waals surface area (Å²) < 4.78 is 27.4. The molecule has 2 aliphatic heterocycles. The summed E-state index contributed by atoms with van der Waals surface area (Å²) in [5.74, 6) is 0.782. The van der Waals surface area contributed by atoms with E-state index in [-0.39, 0.29) is 5.56 Å². The monoisotopic (exact) mass is 498 g/mol. The minimum Gasteiger partial charge on any atom is -0.505 e. The highest BCUT2D eigenvalue weighted by atomic mass is 19.1. The molecule has 3 unspecified atom stereocenters. The molecule has 0 bridgehead atoms. The molecule has 1 fully saturated rings. The second kappa shape index (κ2) is 10.3. The van der Waals surface area contributed by atoms with Crippen molar-refractivity contribution < 1.29 is 19.0 Å². The molecule has 0 aliphatic carbocycles. The van der Waals surface area contributed by atoms with Crippen LogP contribution in [0.1, 0.15) is 55.5 Å². The average Bonchev–Trinajstić information content (AvgIpc) is 3.36. The number of phenols is 1. The fourth-order valence-electron chi connectivity index (χ4n) is 5.27. The van der Waals surface area contributed by atoms with E-state index in [2.05, 4.69) is 24.8 Å². The van der Waals surface area contributed by atoms with Crippen LogP contribution in [0.4, 0.5) is 4.39 Å². The molecule has 190 valence electrons. The van der Waals surface area contributed by atoms with Crippen LogP contribution in [0, 0.1) is 23.1 Å². The number of aromatic hydroxyl groups is 1. The third kappa shape index (κ3) is 4.92. The zero-order valence-electron chi connectivity index (χ0n) is 21.4. The molecule has 2 aliphatic rings. The fourth-order valence-corrected chi connectivity index (χ4v) is 5.27. The van der Waals surface area contributed by atoms with Crippen LogP contribution in [0.25, 0.3) is 11.1 Å². The molecule has 1 saturated heterocycles. The summed E-state index contributed by atoms with van der Waals surface area (Å²) in [5.41, 5.74) is 3.97. The Morgan fingerprint density at radius 1 is 1.14 bits per heavy atom. The fraction of sp³-hybridized carbons (Fsp3) is 0.323. The Labute approximate surface area is 217 Å². The summed E-state index contributed by atoms with van der Waals surface area (Å²) in [6.45, 7) is 9.19. The van der Waals surface area contributed by atoms with Gasteiger partial charge < -0.3 is 14.6 Å². The molecule has 3 aromatic rings. The van der Waals surface area contributed by atoms with Gasteiger partial charge in [-0.25, -0.2) is 4.39 Å². The first-order valence-electron chi connectivity index (χ1n) is 12.7. The topological polar surface area (TPSA) is 65.7 Å². The van der Waals surface area contributed by atoms with Crippen molar-refractivity contribution in [3.05, 3.63) is 88.7 Å². The van der Waals surface area contributed by atoms with E-state index in [9.17, 15) is 14.8 Å². The van der Waals surface area contributed by atoms with Crippen molar-refractivity contribution in [2.45, 2.75) is 39.3 Å². The molecule has 3 atom stereocenters. The lowest BCUT2D eigenvalue weighted by atomic mass is 9.85. The van der Waals surface area contributed by atoms with Gasteiger partial charge in [0, 0.05) is 18.2 Å². The molecular formula is C31H31FN2O3. The number of hydrogen-bond donors (Lipinski definition) is 1. The maximum absolute atomic E-state index is 15.0. The van der Waals surface area contributed by atoms with Crippen molar-refractivity contribution in [3.63, 3.8) is 0 Å². The highest BCUT2D eigenvalue weighted by Crippen LogP contribution is 2.48. The number of nitrogens with zero attached hydrogens (tertiary/aromatic N) is 2. The van der Waals surface area contributed by atoms with Crippen molar-refractivity contribution in [1.82, 2.24) is 4.90 Å². The third-order valence-electron chi connectivity index (χ3n) is 7.45. The van der Waals surface area contributed by atoms with Crippen LogP contribution < -0.4 is 9.47 Å². The Bertz CT molecular complexity index is 1360. The Morgan fingerprint density at radius 3 is 2.51 bits per heavy atom. The minimum absolute atomic E-state index is 0.251. The maximum atomic E-state index is 15.0. The summed E-state index contributed by atoms with van der Waals surface area (Å²) in [6.07, 6.45) is 0.741. The largest absolute Gasteiger partial charge is 0.505 e. The number of fused-ring (bicyclic) bond motifs is 1. The summed E-state index contributed by atoms with van der Waals surface area (Å²) in [4.78, 5) is 2.47. The lowest BCUT2D eigenvalue weighted by molar-refractivity contribution is 0.169. The van der Waals surface area contributed by atoms with E-state index in [0.29, 0.717) is 29.5 Å². The van der Waals surface area contributed by atoms with Crippen LogP contribution >= 0.6 is 0 Å².